The Morgan fingerprint density at radius 3 is 2.79 bits per heavy atom. The Kier molecular flexibility index (Phi) is 4.52. The zero-order valence-electron chi connectivity index (χ0n) is 9.56. The Morgan fingerprint density at radius 1 is 1.37 bits per heavy atom. The predicted molar refractivity (Wildman–Crippen MR) is 82.2 cm³/mol. The first-order chi connectivity index (χ1) is 8.94. The van der Waals surface area contributed by atoms with Gasteiger partial charge in [-0.15, -0.1) is 11.3 Å². The quantitative estimate of drug-likeness (QED) is 0.852. The Morgan fingerprint density at radius 2 is 2.11 bits per heavy atom. The molecule has 0 unspecified atom stereocenters. The van der Waals surface area contributed by atoms with E-state index in [0.29, 0.717) is 15.6 Å². The van der Waals surface area contributed by atoms with Crippen LogP contribution in [0.2, 0.25) is 5.02 Å². The highest BCUT2D eigenvalue weighted by atomic mass is 79.9. The molecule has 19 heavy (non-hydrogen) atoms. The normalized spacial score (nSPS) is 11.5. The van der Waals surface area contributed by atoms with E-state index in [4.69, 9.17) is 17.3 Å². The molecule has 8 heteroatoms. The first kappa shape index (κ1) is 14.8. The van der Waals surface area contributed by atoms with Crippen molar-refractivity contribution in [1.29, 1.82) is 0 Å². The molecule has 0 radical (unpaired) electrons. The van der Waals surface area contributed by atoms with Crippen LogP contribution in [0.4, 0.5) is 5.69 Å². The molecule has 0 spiro atoms. The van der Waals surface area contributed by atoms with Gasteiger partial charge in [0.2, 0.25) is 0 Å². The van der Waals surface area contributed by atoms with Gasteiger partial charge < -0.3 is 5.73 Å². The van der Waals surface area contributed by atoms with Crippen LogP contribution in [0.1, 0.15) is 4.88 Å². The van der Waals surface area contributed by atoms with Crippen LogP contribution in [-0.2, 0) is 16.6 Å². The van der Waals surface area contributed by atoms with Gasteiger partial charge in [-0.1, -0.05) is 27.5 Å². The molecule has 102 valence electrons. The van der Waals surface area contributed by atoms with E-state index in [1.54, 1.807) is 23.6 Å². The summed E-state index contributed by atoms with van der Waals surface area (Å²) < 4.78 is 27.7. The number of nitrogens with two attached hydrogens (primary N) is 1. The van der Waals surface area contributed by atoms with Crippen molar-refractivity contribution < 1.29 is 8.42 Å². The number of rotatable bonds is 4. The van der Waals surface area contributed by atoms with E-state index >= 15 is 0 Å². The summed E-state index contributed by atoms with van der Waals surface area (Å²) in [6, 6.07) is 6.48. The summed E-state index contributed by atoms with van der Waals surface area (Å²) in [4.78, 5) is 0.801. The maximum Gasteiger partial charge on any atom is 0.263 e. The predicted octanol–water partition coefficient (Wildman–Crippen LogP) is 3.42. The smallest absolute Gasteiger partial charge is 0.263 e. The Labute approximate surface area is 128 Å². The SMILES string of the molecule is NCc1sccc1S(=O)(=O)Nc1cc(Br)ccc1Cl. The lowest BCUT2D eigenvalue weighted by Gasteiger charge is -2.10. The molecule has 0 aliphatic carbocycles. The van der Waals surface area contributed by atoms with Crippen LogP contribution in [0.25, 0.3) is 0 Å². The van der Waals surface area contributed by atoms with E-state index in [9.17, 15) is 8.42 Å². The number of hydrogen-bond donors (Lipinski definition) is 2. The number of benzene rings is 1. The molecule has 1 aromatic carbocycles. The van der Waals surface area contributed by atoms with E-state index in [2.05, 4.69) is 20.7 Å². The highest BCUT2D eigenvalue weighted by Crippen LogP contribution is 2.29. The van der Waals surface area contributed by atoms with Gasteiger partial charge in [-0.05, 0) is 29.6 Å². The number of hydrogen-bond acceptors (Lipinski definition) is 4. The fourth-order valence-corrected chi connectivity index (χ4v) is 4.48. The molecule has 2 rings (SSSR count). The number of nitrogens with one attached hydrogen (secondary N) is 1. The summed E-state index contributed by atoms with van der Waals surface area (Å²) in [5.41, 5.74) is 5.85. The van der Waals surface area contributed by atoms with Gasteiger partial charge in [-0.2, -0.15) is 0 Å². The van der Waals surface area contributed by atoms with Crippen molar-refractivity contribution in [3.05, 3.63) is 44.0 Å². The maximum atomic E-state index is 12.3. The second kappa shape index (κ2) is 5.80. The topological polar surface area (TPSA) is 72.2 Å². The third-order valence-corrected chi connectivity index (χ3v) is 5.70. The molecule has 1 aromatic heterocycles. The molecule has 3 N–H and O–H groups in total. The Balaban J connectivity index is 2.39. The maximum absolute atomic E-state index is 12.3. The second-order valence-electron chi connectivity index (χ2n) is 3.64. The molecule has 0 atom stereocenters. The van der Waals surface area contributed by atoms with Crippen molar-refractivity contribution in [2.75, 3.05) is 4.72 Å². The van der Waals surface area contributed by atoms with Gasteiger partial charge in [0, 0.05) is 15.9 Å². The summed E-state index contributed by atoms with van der Waals surface area (Å²) in [6.45, 7) is 0.181. The highest BCUT2D eigenvalue weighted by molar-refractivity contribution is 9.10. The number of thiophene rings is 1. The largest absolute Gasteiger partial charge is 0.326 e. The molecular weight excluding hydrogens is 372 g/mol. The first-order valence-electron chi connectivity index (χ1n) is 5.18. The van der Waals surface area contributed by atoms with Gasteiger partial charge in [0.25, 0.3) is 10.0 Å². The molecule has 0 amide bonds. The van der Waals surface area contributed by atoms with Gasteiger partial charge in [-0.25, -0.2) is 8.42 Å². The van der Waals surface area contributed by atoms with Crippen LogP contribution in [0.3, 0.4) is 0 Å². The Hall–Kier alpha value is -0.600. The molecule has 1 heterocycles. The lowest BCUT2D eigenvalue weighted by atomic mass is 10.3. The zero-order valence-corrected chi connectivity index (χ0v) is 13.5. The first-order valence-corrected chi connectivity index (χ1v) is 8.71. The monoisotopic (exact) mass is 380 g/mol. The lowest BCUT2D eigenvalue weighted by molar-refractivity contribution is 0.600. The number of halogens is 2. The molecular formula is C11H10BrClN2O2S2. The van der Waals surface area contributed by atoms with Crippen LogP contribution in [0.5, 0.6) is 0 Å². The second-order valence-corrected chi connectivity index (χ2v) is 7.62. The molecule has 0 aliphatic rings. The van der Waals surface area contributed by atoms with Crippen LogP contribution in [0.15, 0.2) is 39.0 Å². The third-order valence-electron chi connectivity index (χ3n) is 2.35. The molecule has 0 aliphatic heterocycles. The van der Waals surface area contributed by atoms with Crippen LogP contribution in [0, 0.1) is 0 Å². The lowest BCUT2D eigenvalue weighted by Crippen LogP contribution is -2.15. The fourth-order valence-electron chi connectivity index (χ4n) is 1.49. The van der Waals surface area contributed by atoms with E-state index in [1.165, 1.54) is 17.4 Å². The van der Waals surface area contributed by atoms with Gasteiger partial charge in [0.1, 0.15) is 4.90 Å². The molecule has 4 nitrogen and oxygen atoms in total. The average Bonchev–Trinajstić information content (AvgIpc) is 2.82. The zero-order chi connectivity index (χ0) is 14.0. The van der Waals surface area contributed by atoms with Crippen molar-refractivity contribution in [2.45, 2.75) is 11.4 Å². The minimum Gasteiger partial charge on any atom is -0.326 e. The summed E-state index contributed by atoms with van der Waals surface area (Å²) in [5, 5.41) is 2.02. The molecule has 0 saturated heterocycles. The average molecular weight is 382 g/mol. The van der Waals surface area contributed by atoms with Crippen LogP contribution >= 0.6 is 38.9 Å². The minimum atomic E-state index is -3.68. The third kappa shape index (κ3) is 3.29. The summed E-state index contributed by atoms with van der Waals surface area (Å²) in [5.74, 6) is 0. The van der Waals surface area contributed by atoms with Crippen molar-refractivity contribution in [1.82, 2.24) is 0 Å². The standard InChI is InChI=1S/C11H10BrClN2O2S2/c12-7-1-2-8(13)9(5-7)15-19(16,17)11-3-4-18-10(11)6-14/h1-5,15H,6,14H2. The number of anilines is 1. The van der Waals surface area contributed by atoms with Crippen LogP contribution < -0.4 is 10.5 Å². The van der Waals surface area contributed by atoms with Gasteiger partial charge in [0.05, 0.1) is 10.7 Å². The molecule has 0 bridgehead atoms. The molecule has 0 fully saturated rings. The van der Waals surface area contributed by atoms with E-state index in [1.807, 2.05) is 0 Å². The summed E-state index contributed by atoms with van der Waals surface area (Å²) in [7, 11) is -3.68. The van der Waals surface area contributed by atoms with Gasteiger partial charge in [0.15, 0.2) is 0 Å². The van der Waals surface area contributed by atoms with E-state index in [-0.39, 0.29) is 11.4 Å². The molecule has 2 aromatic rings. The summed E-state index contributed by atoms with van der Waals surface area (Å²) >= 11 is 10.5. The number of sulfonamides is 1. The summed E-state index contributed by atoms with van der Waals surface area (Å²) in [6.07, 6.45) is 0. The minimum absolute atomic E-state index is 0.181. The van der Waals surface area contributed by atoms with Crippen molar-refractivity contribution in [2.24, 2.45) is 5.73 Å². The Bertz CT molecular complexity index is 700. The van der Waals surface area contributed by atoms with Crippen molar-refractivity contribution in [3.63, 3.8) is 0 Å². The van der Waals surface area contributed by atoms with Crippen molar-refractivity contribution >= 4 is 54.6 Å². The van der Waals surface area contributed by atoms with Gasteiger partial charge in [-0.3, -0.25) is 4.72 Å². The fraction of sp³-hybridized carbons (Fsp3) is 0.0909. The van der Waals surface area contributed by atoms with E-state index in [0.717, 1.165) is 4.47 Å². The van der Waals surface area contributed by atoms with Gasteiger partial charge >= 0.3 is 0 Å². The van der Waals surface area contributed by atoms with Crippen LogP contribution in [-0.4, -0.2) is 8.42 Å². The highest BCUT2D eigenvalue weighted by Gasteiger charge is 2.20. The van der Waals surface area contributed by atoms with Crippen molar-refractivity contribution in [3.8, 4) is 0 Å². The van der Waals surface area contributed by atoms with E-state index < -0.39 is 10.0 Å². The molecule has 0 saturated carbocycles.